The van der Waals surface area contributed by atoms with Gasteiger partial charge in [-0.25, -0.2) is 0 Å². The topological polar surface area (TPSA) is 49.4 Å². The highest BCUT2D eigenvalue weighted by atomic mass is 16.2. The fourth-order valence-electron chi connectivity index (χ4n) is 2.89. The van der Waals surface area contributed by atoms with E-state index in [1.165, 1.54) is 5.56 Å². The molecule has 0 saturated heterocycles. The van der Waals surface area contributed by atoms with Gasteiger partial charge in [-0.2, -0.15) is 0 Å². The number of nitrogens with one attached hydrogen (secondary N) is 1. The van der Waals surface area contributed by atoms with Gasteiger partial charge >= 0.3 is 0 Å². The highest BCUT2D eigenvalue weighted by Crippen LogP contribution is 2.23. The number of nitrogens with zero attached hydrogens (tertiary/aromatic N) is 1. The van der Waals surface area contributed by atoms with Gasteiger partial charge in [0.25, 0.3) is 0 Å². The molecule has 1 fully saturated rings. The number of hydrogen-bond acceptors (Lipinski definition) is 2. The van der Waals surface area contributed by atoms with E-state index >= 15 is 0 Å². The number of rotatable bonds is 5. The van der Waals surface area contributed by atoms with E-state index in [2.05, 4.69) is 12.2 Å². The molecule has 0 aliphatic heterocycles. The zero-order chi connectivity index (χ0) is 15.2. The van der Waals surface area contributed by atoms with Gasteiger partial charge in [0.2, 0.25) is 11.8 Å². The van der Waals surface area contributed by atoms with Crippen molar-refractivity contribution in [3.8, 4) is 0 Å². The van der Waals surface area contributed by atoms with Crippen molar-refractivity contribution in [3.63, 3.8) is 0 Å². The molecule has 0 bridgehead atoms. The SMILES string of the molecule is CCc1ccc(NC(=O)CN(C(C)=O)C2CCCC2)cc1. The van der Waals surface area contributed by atoms with Crippen LogP contribution >= 0.6 is 0 Å². The van der Waals surface area contributed by atoms with Gasteiger partial charge in [-0.15, -0.1) is 0 Å². The van der Waals surface area contributed by atoms with Crippen molar-refractivity contribution in [1.29, 1.82) is 0 Å². The zero-order valence-corrected chi connectivity index (χ0v) is 12.9. The average molecular weight is 288 g/mol. The minimum absolute atomic E-state index is 0.0154. The van der Waals surface area contributed by atoms with Crippen molar-refractivity contribution >= 4 is 17.5 Å². The second-order valence-corrected chi connectivity index (χ2v) is 5.68. The van der Waals surface area contributed by atoms with Crippen molar-refractivity contribution in [2.45, 2.75) is 52.0 Å². The van der Waals surface area contributed by atoms with Crippen LogP contribution in [0.4, 0.5) is 5.69 Å². The predicted octanol–water partition coefficient (Wildman–Crippen LogP) is 2.98. The Balaban J connectivity index is 1.93. The largest absolute Gasteiger partial charge is 0.331 e. The van der Waals surface area contributed by atoms with E-state index in [0.29, 0.717) is 0 Å². The fourth-order valence-corrected chi connectivity index (χ4v) is 2.89. The number of amides is 2. The van der Waals surface area contributed by atoms with Crippen LogP contribution in [0.15, 0.2) is 24.3 Å². The second kappa shape index (κ2) is 7.25. The maximum atomic E-state index is 12.1. The third-order valence-corrected chi connectivity index (χ3v) is 4.13. The maximum absolute atomic E-state index is 12.1. The normalized spacial score (nSPS) is 15.0. The monoisotopic (exact) mass is 288 g/mol. The molecule has 114 valence electrons. The van der Waals surface area contributed by atoms with Gasteiger partial charge in [0.1, 0.15) is 6.54 Å². The molecule has 21 heavy (non-hydrogen) atoms. The van der Waals surface area contributed by atoms with Crippen molar-refractivity contribution in [3.05, 3.63) is 29.8 Å². The van der Waals surface area contributed by atoms with E-state index in [-0.39, 0.29) is 24.4 Å². The molecular weight excluding hydrogens is 264 g/mol. The van der Waals surface area contributed by atoms with Gasteiger partial charge in [0.15, 0.2) is 0 Å². The molecule has 4 heteroatoms. The second-order valence-electron chi connectivity index (χ2n) is 5.68. The number of benzene rings is 1. The summed E-state index contributed by atoms with van der Waals surface area (Å²) in [5.74, 6) is -0.139. The molecule has 1 aliphatic carbocycles. The van der Waals surface area contributed by atoms with Gasteiger partial charge in [-0.1, -0.05) is 31.9 Å². The first-order valence-corrected chi connectivity index (χ1v) is 7.76. The van der Waals surface area contributed by atoms with E-state index in [0.717, 1.165) is 37.8 Å². The molecule has 0 aromatic heterocycles. The Morgan fingerprint density at radius 1 is 1.19 bits per heavy atom. The Hall–Kier alpha value is -1.84. The minimum atomic E-state index is -0.124. The standard InChI is InChI=1S/C17H24N2O2/c1-3-14-8-10-15(11-9-14)18-17(21)12-19(13(2)20)16-6-4-5-7-16/h8-11,16H,3-7,12H2,1-2H3,(H,18,21). The van der Waals surface area contributed by atoms with Crippen molar-refractivity contribution in [2.75, 3.05) is 11.9 Å². The quantitative estimate of drug-likeness (QED) is 0.905. The lowest BCUT2D eigenvalue weighted by Crippen LogP contribution is -2.42. The third kappa shape index (κ3) is 4.31. The Bertz CT molecular complexity index is 490. The lowest BCUT2D eigenvalue weighted by Gasteiger charge is -2.27. The van der Waals surface area contributed by atoms with Crippen LogP contribution in [-0.2, 0) is 16.0 Å². The molecule has 1 aliphatic rings. The number of hydrogen-bond donors (Lipinski definition) is 1. The summed E-state index contributed by atoms with van der Waals surface area (Å²) in [5.41, 5.74) is 2.02. The summed E-state index contributed by atoms with van der Waals surface area (Å²) >= 11 is 0. The van der Waals surface area contributed by atoms with Crippen LogP contribution in [0.3, 0.4) is 0 Å². The summed E-state index contributed by atoms with van der Waals surface area (Å²) in [4.78, 5) is 25.6. The minimum Gasteiger partial charge on any atom is -0.331 e. The summed E-state index contributed by atoms with van der Waals surface area (Å²) in [5, 5.41) is 2.87. The first-order chi connectivity index (χ1) is 10.1. The molecule has 2 amide bonds. The molecule has 2 rings (SSSR count). The first-order valence-electron chi connectivity index (χ1n) is 7.76. The zero-order valence-electron chi connectivity index (χ0n) is 12.9. The van der Waals surface area contributed by atoms with Crippen LogP contribution in [0.1, 0.15) is 45.1 Å². The van der Waals surface area contributed by atoms with E-state index in [1.807, 2.05) is 24.3 Å². The molecular formula is C17H24N2O2. The predicted molar refractivity (Wildman–Crippen MR) is 84.1 cm³/mol. The Morgan fingerprint density at radius 2 is 1.81 bits per heavy atom. The molecule has 1 N–H and O–H groups in total. The highest BCUT2D eigenvalue weighted by Gasteiger charge is 2.26. The maximum Gasteiger partial charge on any atom is 0.244 e. The molecule has 1 aromatic carbocycles. The summed E-state index contributed by atoms with van der Waals surface area (Å²) in [6.45, 7) is 3.79. The Morgan fingerprint density at radius 3 is 2.33 bits per heavy atom. The summed E-state index contributed by atoms with van der Waals surface area (Å²) in [7, 11) is 0. The van der Waals surface area contributed by atoms with Crippen LogP contribution in [0.2, 0.25) is 0 Å². The highest BCUT2D eigenvalue weighted by molar-refractivity contribution is 5.94. The molecule has 0 heterocycles. The Kier molecular flexibility index (Phi) is 5.37. The lowest BCUT2D eigenvalue weighted by atomic mass is 10.1. The lowest BCUT2D eigenvalue weighted by molar-refractivity contribution is -0.135. The van der Waals surface area contributed by atoms with E-state index in [1.54, 1.807) is 11.8 Å². The van der Waals surface area contributed by atoms with Crippen LogP contribution in [0.5, 0.6) is 0 Å². The van der Waals surface area contributed by atoms with Crippen molar-refractivity contribution < 1.29 is 9.59 Å². The molecule has 4 nitrogen and oxygen atoms in total. The van der Waals surface area contributed by atoms with Gasteiger partial charge < -0.3 is 10.2 Å². The number of anilines is 1. The summed E-state index contributed by atoms with van der Waals surface area (Å²) in [6, 6.07) is 8.06. The number of carbonyl (C=O) groups is 2. The van der Waals surface area contributed by atoms with Crippen molar-refractivity contribution in [2.24, 2.45) is 0 Å². The van der Waals surface area contributed by atoms with E-state index < -0.39 is 0 Å². The molecule has 0 radical (unpaired) electrons. The smallest absolute Gasteiger partial charge is 0.244 e. The van der Waals surface area contributed by atoms with Crippen LogP contribution in [0.25, 0.3) is 0 Å². The van der Waals surface area contributed by atoms with Gasteiger partial charge in [-0.3, -0.25) is 9.59 Å². The van der Waals surface area contributed by atoms with Crippen LogP contribution < -0.4 is 5.32 Å². The molecule has 0 unspecified atom stereocenters. The molecule has 0 spiro atoms. The molecule has 0 atom stereocenters. The fraction of sp³-hybridized carbons (Fsp3) is 0.529. The van der Waals surface area contributed by atoms with Crippen LogP contribution in [-0.4, -0.2) is 29.3 Å². The van der Waals surface area contributed by atoms with Gasteiger partial charge in [0.05, 0.1) is 0 Å². The summed E-state index contributed by atoms with van der Waals surface area (Å²) in [6.07, 6.45) is 5.30. The van der Waals surface area contributed by atoms with Crippen LogP contribution in [0, 0.1) is 0 Å². The van der Waals surface area contributed by atoms with E-state index in [9.17, 15) is 9.59 Å². The first kappa shape index (κ1) is 15.5. The van der Waals surface area contributed by atoms with Crippen molar-refractivity contribution in [1.82, 2.24) is 4.90 Å². The number of aryl methyl sites for hydroxylation is 1. The number of carbonyl (C=O) groups excluding carboxylic acids is 2. The van der Waals surface area contributed by atoms with E-state index in [4.69, 9.17) is 0 Å². The Labute approximate surface area is 126 Å². The van der Waals surface area contributed by atoms with Gasteiger partial charge in [0, 0.05) is 18.7 Å². The average Bonchev–Trinajstić information content (AvgIpc) is 2.99. The summed E-state index contributed by atoms with van der Waals surface area (Å²) < 4.78 is 0. The third-order valence-electron chi connectivity index (χ3n) is 4.13. The molecule has 1 saturated carbocycles. The molecule has 1 aromatic rings. The van der Waals surface area contributed by atoms with Gasteiger partial charge in [-0.05, 0) is 37.0 Å².